The third kappa shape index (κ3) is 2.46. The van der Waals surface area contributed by atoms with E-state index in [9.17, 15) is 10.1 Å². The first-order valence-corrected chi connectivity index (χ1v) is 6.90. The van der Waals surface area contributed by atoms with Gasteiger partial charge in [0.15, 0.2) is 0 Å². The van der Waals surface area contributed by atoms with Crippen molar-refractivity contribution in [2.75, 3.05) is 12.3 Å². The number of anilines is 1. The van der Waals surface area contributed by atoms with Crippen LogP contribution in [0.5, 0.6) is 0 Å². The monoisotopic (exact) mass is 301 g/mol. The SMILES string of the molecule is CC(=O)OCC1CC[C@H](n2cc(C#N)c3c(N)ncnc32)O1. The van der Waals surface area contributed by atoms with E-state index in [4.69, 9.17) is 15.2 Å². The molecule has 1 saturated heterocycles. The van der Waals surface area contributed by atoms with Gasteiger partial charge in [0.25, 0.3) is 0 Å². The summed E-state index contributed by atoms with van der Waals surface area (Å²) in [7, 11) is 0. The molecule has 2 atom stereocenters. The Balaban J connectivity index is 1.87. The molecule has 114 valence electrons. The van der Waals surface area contributed by atoms with Crippen LogP contribution in [0.2, 0.25) is 0 Å². The molecule has 3 heterocycles. The molecule has 2 aromatic rings. The molecule has 1 fully saturated rings. The molecule has 3 rings (SSSR count). The first kappa shape index (κ1) is 14.3. The normalized spacial score (nSPS) is 20.9. The van der Waals surface area contributed by atoms with Crippen molar-refractivity contribution in [2.24, 2.45) is 0 Å². The van der Waals surface area contributed by atoms with Gasteiger partial charge < -0.3 is 19.8 Å². The summed E-state index contributed by atoms with van der Waals surface area (Å²) < 4.78 is 12.6. The maximum absolute atomic E-state index is 10.9. The predicted molar refractivity (Wildman–Crippen MR) is 76.4 cm³/mol. The number of ether oxygens (including phenoxy) is 2. The molecule has 0 saturated carbocycles. The van der Waals surface area contributed by atoms with Crippen LogP contribution in [0.15, 0.2) is 12.5 Å². The zero-order valence-corrected chi connectivity index (χ0v) is 12.0. The van der Waals surface area contributed by atoms with Crippen LogP contribution in [0.3, 0.4) is 0 Å². The third-order valence-corrected chi connectivity index (χ3v) is 3.63. The van der Waals surface area contributed by atoms with Gasteiger partial charge in [-0.25, -0.2) is 9.97 Å². The van der Waals surface area contributed by atoms with Gasteiger partial charge in [0.05, 0.1) is 17.1 Å². The fourth-order valence-corrected chi connectivity index (χ4v) is 2.64. The molecule has 22 heavy (non-hydrogen) atoms. The predicted octanol–water partition coefficient (Wildman–Crippen LogP) is 1.13. The van der Waals surface area contributed by atoms with Gasteiger partial charge in [-0.1, -0.05) is 0 Å². The topological polar surface area (TPSA) is 116 Å². The first-order chi connectivity index (χ1) is 10.6. The van der Waals surface area contributed by atoms with E-state index in [1.54, 1.807) is 10.8 Å². The van der Waals surface area contributed by atoms with Crippen molar-refractivity contribution in [3.05, 3.63) is 18.1 Å². The standard InChI is InChI=1S/C14H15N5O3/c1-8(20)21-6-10-2-3-11(22-10)19-5-9(4-15)12-13(16)17-7-18-14(12)19/h5,7,10-11H,2-3,6H2,1H3,(H2,16,17,18)/t10?,11-/m1/s1. The van der Waals surface area contributed by atoms with Crippen LogP contribution in [-0.2, 0) is 14.3 Å². The fraction of sp³-hybridized carbons (Fsp3) is 0.429. The lowest BCUT2D eigenvalue weighted by molar-refractivity contribution is -0.145. The minimum atomic E-state index is -0.328. The van der Waals surface area contributed by atoms with E-state index in [0.717, 1.165) is 12.8 Å². The number of esters is 1. The number of nitriles is 1. The summed E-state index contributed by atoms with van der Waals surface area (Å²) in [4.78, 5) is 19.0. The minimum Gasteiger partial charge on any atom is -0.463 e. The smallest absolute Gasteiger partial charge is 0.302 e. The van der Waals surface area contributed by atoms with Crippen LogP contribution in [-0.4, -0.2) is 33.2 Å². The van der Waals surface area contributed by atoms with Crippen molar-refractivity contribution in [3.63, 3.8) is 0 Å². The van der Waals surface area contributed by atoms with Crippen LogP contribution in [0.25, 0.3) is 11.0 Å². The molecule has 0 aromatic carbocycles. The van der Waals surface area contributed by atoms with Crippen LogP contribution in [0.4, 0.5) is 5.82 Å². The number of rotatable bonds is 3. The molecule has 0 amide bonds. The van der Waals surface area contributed by atoms with Crippen molar-refractivity contribution in [3.8, 4) is 6.07 Å². The largest absolute Gasteiger partial charge is 0.463 e. The Hall–Kier alpha value is -2.66. The van der Waals surface area contributed by atoms with E-state index in [1.807, 2.05) is 0 Å². The zero-order valence-electron chi connectivity index (χ0n) is 12.0. The zero-order chi connectivity index (χ0) is 15.7. The van der Waals surface area contributed by atoms with Gasteiger partial charge in [-0.3, -0.25) is 4.79 Å². The molecule has 0 radical (unpaired) electrons. The van der Waals surface area contributed by atoms with Gasteiger partial charge in [0, 0.05) is 13.1 Å². The average Bonchev–Trinajstić information content (AvgIpc) is 3.09. The van der Waals surface area contributed by atoms with E-state index in [-0.39, 0.29) is 30.7 Å². The lowest BCUT2D eigenvalue weighted by Crippen LogP contribution is -2.18. The highest BCUT2D eigenvalue weighted by molar-refractivity contribution is 5.91. The molecule has 0 aliphatic carbocycles. The Morgan fingerprint density at radius 2 is 2.41 bits per heavy atom. The van der Waals surface area contributed by atoms with E-state index < -0.39 is 0 Å². The van der Waals surface area contributed by atoms with E-state index in [1.165, 1.54) is 13.3 Å². The molecule has 2 N–H and O–H groups in total. The number of nitrogens with two attached hydrogens (primary N) is 1. The Morgan fingerprint density at radius 1 is 1.59 bits per heavy atom. The summed E-state index contributed by atoms with van der Waals surface area (Å²) in [6.07, 6.45) is 4.12. The van der Waals surface area contributed by atoms with Crippen molar-refractivity contribution >= 4 is 22.8 Å². The molecule has 0 bridgehead atoms. The number of carbonyl (C=O) groups excluding carboxylic acids is 1. The Labute approximate surface area is 126 Å². The van der Waals surface area contributed by atoms with E-state index >= 15 is 0 Å². The number of hydrogen-bond acceptors (Lipinski definition) is 7. The molecule has 1 unspecified atom stereocenters. The van der Waals surface area contributed by atoms with Gasteiger partial charge in [0.2, 0.25) is 0 Å². The second-order valence-electron chi connectivity index (χ2n) is 5.11. The second kappa shape index (κ2) is 5.61. The summed E-state index contributed by atoms with van der Waals surface area (Å²) in [5.74, 6) is -0.0551. The summed E-state index contributed by atoms with van der Waals surface area (Å²) >= 11 is 0. The summed E-state index contributed by atoms with van der Waals surface area (Å²) in [5.41, 5.74) is 6.83. The van der Waals surface area contributed by atoms with Crippen molar-refractivity contribution in [1.82, 2.24) is 14.5 Å². The fourth-order valence-electron chi connectivity index (χ4n) is 2.64. The Morgan fingerprint density at radius 3 is 3.14 bits per heavy atom. The maximum Gasteiger partial charge on any atom is 0.302 e. The molecular weight excluding hydrogens is 286 g/mol. The van der Waals surface area contributed by atoms with Crippen molar-refractivity contribution in [1.29, 1.82) is 5.26 Å². The average molecular weight is 301 g/mol. The molecule has 8 nitrogen and oxygen atoms in total. The van der Waals surface area contributed by atoms with Gasteiger partial charge in [0.1, 0.15) is 36.7 Å². The summed E-state index contributed by atoms with van der Waals surface area (Å²) in [6.45, 7) is 1.60. The van der Waals surface area contributed by atoms with Crippen LogP contribution in [0, 0.1) is 11.3 Å². The number of nitrogen functional groups attached to an aromatic ring is 1. The number of nitrogens with zero attached hydrogens (tertiary/aromatic N) is 4. The van der Waals surface area contributed by atoms with E-state index in [0.29, 0.717) is 16.6 Å². The minimum absolute atomic E-state index is 0.156. The number of fused-ring (bicyclic) bond motifs is 1. The van der Waals surface area contributed by atoms with Crippen LogP contribution in [0.1, 0.15) is 31.6 Å². The summed E-state index contributed by atoms with van der Waals surface area (Å²) in [5, 5.41) is 9.78. The maximum atomic E-state index is 10.9. The van der Waals surface area contributed by atoms with Gasteiger partial charge >= 0.3 is 5.97 Å². The van der Waals surface area contributed by atoms with Gasteiger partial charge in [-0.15, -0.1) is 0 Å². The molecule has 1 aliphatic heterocycles. The highest BCUT2D eigenvalue weighted by atomic mass is 16.6. The highest BCUT2D eigenvalue weighted by Gasteiger charge is 2.29. The number of aromatic nitrogens is 3. The summed E-state index contributed by atoms with van der Waals surface area (Å²) in [6, 6.07) is 2.10. The lowest BCUT2D eigenvalue weighted by atomic mass is 10.2. The number of hydrogen-bond donors (Lipinski definition) is 1. The molecule has 2 aromatic heterocycles. The molecule has 0 spiro atoms. The van der Waals surface area contributed by atoms with Crippen LogP contribution < -0.4 is 5.73 Å². The van der Waals surface area contributed by atoms with Crippen molar-refractivity contribution < 1.29 is 14.3 Å². The number of carbonyl (C=O) groups is 1. The third-order valence-electron chi connectivity index (χ3n) is 3.63. The van der Waals surface area contributed by atoms with Crippen molar-refractivity contribution in [2.45, 2.75) is 32.1 Å². The lowest BCUT2D eigenvalue weighted by Gasteiger charge is -2.15. The Kier molecular flexibility index (Phi) is 3.65. The first-order valence-electron chi connectivity index (χ1n) is 6.90. The molecular formula is C14H15N5O3. The molecule has 1 aliphatic rings. The quantitative estimate of drug-likeness (QED) is 0.844. The Bertz CT molecular complexity index is 764. The van der Waals surface area contributed by atoms with Gasteiger partial charge in [-0.2, -0.15) is 5.26 Å². The van der Waals surface area contributed by atoms with E-state index in [2.05, 4.69) is 16.0 Å². The van der Waals surface area contributed by atoms with Gasteiger partial charge in [-0.05, 0) is 12.8 Å². The van der Waals surface area contributed by atoms with Crippen LogP contribution >= 0.6 is 0 Å². The highest BCUT2D eigenvalue weighted by Crippen LogP contribution is 2.33. The molecule has 8 heteroatoms. The second-order valence-corrected chi connectivity index (χ2v) is 5.11.